The summed E-state index contributed by atoms with van der Waals surface area (Å²) in [6, 6.07) is 11.2. The second kappa shape index (κ2) is 7.42. The lowest BCUT2D eigenvalue weighted by atomic mass is 10.1. The molecule has 0 saturated carbocycles. The van der Waals surface area contributed by atoms with Crippen LogP contribution < -0.4 is 10.6 Å². The van der Waals surface area contributed by atoms with Gasteiger partial charge >= 0.3 is 0 Å². The lowest BCUT2D eigenvalue weighted by Crippen LogP contribution is -2.22. The van der Waals surface area contributed by atoms with Gasteiger partial charge in [0.2, 0.25) is 11.8 Å². The van der Waals surface area contributed by atoms with E-state index in [1.165, 1.54) is 0 Å². The minimum Gasteiger partial charge on any atom is -0.325 e. The normalized spacial score (nSPS) is 10.3. The number of anilines is 2. The number of nitrogens with one attached hydrogen (secondary N) is 2. The summed E-state index contributed by atoms with van der Waals surface area (Å²) in [6.07, 6.45) is -0.219. The van der Waals surface area contributed by atoms with Crippen molar-refractivity contribution >= 4 is 39.1 Å². The Morgan fingerprint density at radius 1 is 0.913 bits per heavy atom. The number of hydrogen-bond donors (Lipinski definition) is 2. The van der Waals surface area contributed by atoms with E-state index >= 15 is 0 Å². The molecule has 0 unspecified atom stereocenters. The minimum atomic E-state index is -0.335. The molecule has 0 saturated heterocycles. The van der Waals surface area contributed by atoms with Crippen molar-refractivity contribution in [3.05, 3.63) is 57.6 Å². The molecular weight excluding hydrogens is 356 g/mol. The molecule has 0 heterocycles. The Labute approximate surface area is 144 Å². The molecule has 2 aromatic rings. The first-order valence-electron chi connectivity index (χ1n) is 7.29. The predicted octanol–water partition coefficient (Wildman–Crippen LogP) is 4.34. The first kappa shape index (κ1) is 17.2. The minimum absolute atomic E-state index is 0.219. The van der Waals surface area contributed by atoms with Crippen molar-refractivity contribution in [3.8, 4) is 0 Å². The van der Waals surface area contributed by atoms with Crippen LogP contribution in [0.2, 0.25) is 0 Å². The summed E-state index contributed by atoms with van der Waals surface area (Å²) >= 11 is 3.38. The van der Waals surface area contributed by atoms with E-state index < -0.39 is 0 Å². The summed E-state index contributed by atoms with van der Waals surface area (Å²) in [5.41, 5.74) is 4.48. The zero-order chi connectivity index (χ0) is 17.0. The molecule has 2 N–H and O–H groups in total. The van der Waals surface area contributed by atoms with Crippen molar-refractivity contribution < 1.29 is 9.59 Å². The molecule has 0 bridgehead atoms. The van der Waals surface area contributed by atoms with Crippen LogP contribution in [-0.4, -0.2) is 11.8 Å². The fourth-order valence-electron chi connectivity index (χ4n) is 2.19. The molecule has 2 rings (SSSR count). The molecular formula is C18H19BrN2O2. The quantitative estimate of drug-likeness (QED) is 0.781. The van der Waals surface area contributed by atoms with Gasteiger partial charge in [-0.2, -0.15) is 0 Å². The fourth-order valence-corrected chi connectivity index (χ4v) is 2.66. The highest BCUT2D eigenvalue weighted by Crippen LogP contribution is 2.21. The van der Waals surface area contributed by atoms with E-state index in [9.17, 15) is 9.59 Å². The van der Waals surface area contributed by atoms with E-state index in [1.54, 1.807) is 6.07 Å². The Morgan fingerprint density at radius 3 is 2.22 bits per heavy atom. The van der Waals surface area contributed by atoms with E-state index in [2.05, 4.69) is 26.6 Å². The number of carbonyl (C=O) groups excluding carboxylic acids is 2. The van der Waals surface area contributed by atoms with Gasteiger partial charge in [-0.3, -0.25) is 9.59 Å². The topological polar surface area (TPSA) is 58.2 Å². The average Bonchev–Trinajstić information content (AvgIpc) is 2.47. The van der Waals surface area contributed by atoms with Crippen LogP contribution in [-0.2, 0) is 9.59 Å². The van der Waals surface area contributed by atoms with Crippen molar-refractivity contribution in [3.63, 3.8) is 0 Å². The van der Waals surface area contributed by atoms with Crippen molar-refractivity contribution in [1.29, 1.82) is 0 Å². The van der Waals surface area contributed by atoms with E-state index in [0.717, 1.165) is 26.9 Å². The number of benzene rings is 2. The second-order valence-electron chi connectivity index (χ2n) is 5.48. The van der Waals surface area contributed by atoms with E-state index in [-0.39, 0.29) is 18.2 Å². The Kier molecular flexibility index (Phi) is 5.55. The molecule has 0 spiro atoms. The molecule has 23 heavy (non-hydrogen) atoms. The molecule has 2 aromatic carbocycles. The van der Waals surface area contributed by atoms with E-state index in [0.29, 0.717) is 5.69 Å². The van der Waals surface area contributed by atoms with Crippen LogP contribution in [0.25, 0.3) is 0 Å². The van der Waals surface area contributed by atoms with Gasteiger partial charge in [-0.15, -0.1) is 0 Å². The number of aryl methyl sites for hydroxylation is 2. The van der Waals surface area contributed by atoms with Gasteiger partial charge in [-0.1, -0.05) is 28.1 Å². The van der Waals surface area contributed by atoms with Gasteiger partial charge in [0, 0.05) is 15.8 Å². The molecule has 0 atom stereocenters. The van der Waals surface area contributed by atoms with Crippen molar-refractivity contribution in [2.45, 2.75) is 27.2 Å². The van der Waals surface area contributed by atoms with Gasteiger partial charge in [0.05, 0.1) is 0 Å². The van der Waals surface area contributed by atoms with Crippen molar-refractivity contribution in [2.75, 3.05) is 10.6 Å². The van der Waals surface area contributed by atoms with Gasteiger partial charge in [0.15, 0.2) is 0 Å². The molecule has 0 aliphatic carbocycles. The fraction of sp³-hybridized carbons (Fsp3) is 0.222. The standard InChI is InChI=1S/C18H19BrN2O2/c1-11-5-4-6-16(13(11)3)21-18(23)10-17(22)20-15-8-7-14(19)9-12(15)2/h4-9H,10H2,1-3H3,(H,20,22)(H,21,23). The lowest BCUT2D eigenvalue weighted by Gasteiger charge is -2.11. The Morgan fingerprint density at radius 2 is 1.57 bits per heavy atom. The van der Waals surface area contributed by atoms with Crippen LogP contribution in [0.5, 0.6) is 0 Å². The number of amides is 2. The Hall–Kier alpha value is -2.14. The van der Waals surface area contributed by atoms with Crippen LogP contribution in [0.4, 0.5) is 11.4 Å². The van der Waals surface area contributed by atoms with Crippen molar-refractivity contribution in [1.82, 2.24) is 0 Å². The van der Waals surface area contributed by atoms with Crippen molar-refractivity contribution in [2.24, 2.45) is 0 Å². The summed E-state index contributed by atoms with van der Waals surface area (Å²) in [7, 11) is 0. The third-order valence-corrected chi connectivity index (χ3v) is 4.16. The molecule has 120 valence electrons. The highest BCUT2D eigenvalue weighted by atomic mass is 79.9. The first-order valence-corrected chi connectivity index (χ1v) is 8.08. The molecule has 0 radical (unpaired) electrons. The first-order chi connectivity index (χ1) is 10.9. The third kappa shape index (κ3) is 4.66. The van der Waals surface area contributed by atoms with Gasteiger partial charge in [0.1, 0.15) is 6.42 Å². The lowest BCUT2D eigenvalue weighted by molar-refractivity contribution is -0.123. The largest absolute Gasteiger partial charge is 0.325 e. The molecule has 5 heteroatoms. The highest BCUT2D eigenvalue weighted by molar-refractivity contribution is 9.10. The monoisotopic (exact) mass is 374 g/mol. The molecule has 0 aliphatic heterocycles. The Bertz CT molecular complexity index is 757. The summed E-state index contributed by atoms with van der Waals surface area (Å²) < 4.78 is 0.945. The molecule has 0 aromatic heterocycles. The summed E-state index contributed by atoms with van der Waals surface area (Å²) in [5.74, 6) is -0.663. The van der Waals surface area contributed by atoms with Crippen LogP contribution in [0.1, 0.15) is 23.1 Å². The summed E-state index contributed by atoms with van der Waals surface area (Å²) in [6.45, 7) is 5.82. The summed E-state index contributed by atoms with van der Waals surface area (Å²) in [5, 5.41) is 5.54. The van der Waals surface area contributed by atoms with Crippen LogP contribution in [0.15, 0.2) is 40.9 Å². The van der Waals surface area contributed by atoms with Gasteiger partial charge in [-0.05, 0) is 61.7 Å². The predicted molar refractivity (Wildman–Crippen MR) is 96.7 cm³/mol. The van der Waals surface area contributed by atoms with Gasteiger partial charge < -0.3 is 10.6 Å². The van der Waals surface area contributed by atoms with Crippen LogP contribution in [0.3, 0.4) is 0 Å². The molecule has 2 amide bonds. The molecule has 0 aliphatic rings. The van der Waals surface area contributed by atoms with Gasteiger partial charge in [0.25, 0.3) is 0 Å². The smallest absolute Gasteiger partial charge is 0.233 e. The number of halogens is 1. The maximum atomic E-state index is 12.0. The highest BCUT2D eigenvalue weighted by Gasteiger charge is 2.12. The molecule has 4 nitrogen and oxygen atoms in total. The Balaban J connectivity index is 1.97. The van der Waals surface area contributed by atoms with Crippen LogP contribution in [0, 0.1) is 20.8 Å². The number of rotatable bonds is 4. The zero-order valence-electron chi connectivity index (χ0n) is 13.4. The number of carbonyl (C=O) groups is 2. The second-order valence-corrected chi connectivity index (χ2v) is 6.40. The third-order valence-electron chi connectivity index (χ3n) is 3.66. The van der Waals surface area contributed by atoms with E-state index in [4.69, 9.17) is 0 Å². The number of hydrogen-bond acceptors (Lipinski definition) is 2. The maximum absolute atomic E-state index is 12.0. The maximum Gasteiger partial charge on any atom is 0.233 e. The molecule has 0 fully saturated rings. The SMILES string of the molecule is Cc1cc(Br)ccc1NC(=O)CC(=O)Nc1cccc(C)c1C. The zero-order valence-corrected chi connectivity index (χ0v) is 15.0. The average molecular weight is 375 g/mol. The van der Waals surface area contributed by atoms with E-state index in [1.807, 2.05) is 51.1 Å². The van der Waals surface area contributed by atoms with Gasteiger partial charge in [-0.25, -0.2) is 0 Å². The van der Waals surface area contributed by atoms with Crippen LogP contribution >= 0.6 is 15.9 Å². The summed E-state index contributed by atoms with van der Waals surface area (Å²) in [4.78, 5) is 24.1.